The normalized spacial score (nSPS) is 10.7. The summed E-state index contributed by atoms with van der Waals surface area (Å²) in [6.07, 6.45) is 1.47. The van der Waals surface area contributed by atoms with Crippen molar-refractivity contribution in [2.75, 3.05) is 20.8 Å². The highest BCUT2D eigenvalue weighted by molar-refractivity contribution is 9.10. The van der Waals surface area contributed by atoms with Gasteiger partial charge in [0.05, 0.1) is 33.5 Å². The van der Waals surface area contributed by atoms with E-state index in [-0.39, 0.29) is 18.1 Å². The number of rotatable bonds is 8. The van der Waals surface area contributed by atoms with E-state index in [2.05, 4.69) is 26.5 Å². The van der Waals surface area contributed by atoms with E-state index in [1.54, 1.807) is 37.4 Å². The first-order chi connectivity index (χ1) is 13.0. The van der Waals surface area contributed by atoms with E-state index in [0.29, 0.717) is 29.4 Å². The smallest absolute Gasteiger partial charge is 0.244 e. The van der Waals surface area contributed by atoms with Gasteiger partial charge in [0, 0.05) is 10.0 Å². The van der Waals surface area contributed by atoms with Gasteiger partial charge in [-0.15, -0.1) is 0 Å². The van der Waals surface area contributed by atoms with Crippen LogP contribution in [0.25, 0.3) is 0 Å². The van der Waals surface area contributed by atoms with E-state index < -0.39 is 0 Å². The van der Waals surface area contributed by atoms with Crippen LogP contribution < -0.4 is 19.6 Å². The van der Waals surface area contributed by atoms with Gasteiger partial charge in [-0.1, -0.05) is 22.0 Å². The molecule has 0 aliphatic heterocycles. The molecule has 7 nitrogen and oxygen atoms in total. The number of phenolic OH excluding ortho intramolecular Hbond substituents is 1. The number of nitrogens with one attached hydrogen (secondary N) is 1. The van der Waals surface area contributed by atoms with Crippen LogP contribution in [0.15, 0.2) is 39.9 Å². The topological polar surface area (TPSA) is 89.4 Å². The molecule has 0 aliphatic rings. The molecule has 0 fully saturated rings. The number of methoxy groups -OCH3 is 2. The number of benzene rings is 2. The van der Waals surface area contributed by atoms with Crippen molar-refractivity contribution >= 4 is 28.1 Å². The lowest BCUT2D eigenvalue weighted by molar-refractivity contribution is -0.120. The molecule has 0 aliphatic carbocycles. The minimum Gasteiger partial charge on any atom is -0.504 e. The van der Waals surface area contributed by atoms with Gasteiger partial charge in [-0.3, -0.25) is 4.79 Å². The molecule has 2 aromatic rings. The van der Waals surface area contributed by atoms with Crippen LogP contribution in [0.3, 0.4) is 0 Å². The van der Waals surface area contributed by atoms with Crippen LogP contribution >= 0.6 is 15.9 Å². The molecule has 0 bridgehead atoms. The lowest BCUT2D eigenvalue weighted by atomic mass is 10.1. The fourth-order valence-electron chi connectivity index (χ4n) is 2.35. The van der Waals surface area contributed by atoms with E-state index in [9.17, 15) is 9.90 Å². The summed E-state index contributed by atoms with van der Waals surface area (Å²) >= 11 is 3.35. The summed E-state index contributed by atoms with van der Waals surface area (Å²) in [5.74, 6) is 1.13. The van der Waals surface area contributed by atoms with Crippen molar-refractivity contribution in [2.24, 2.45) is 5.10 Å². The second-order valence-corrected chi connectivity index (χ2v) is 6.35. The molecule has 8 heteroatoms. The summed E-state index contributed by atoms with van der Waals surface area (Å²) in [5, 5.41) is 14.1. The molecule has 0 heterocycles. The number of hydrogen-bond donors (Lipinski definition) is 2. The van der Waals surface area contributed by atoms with E-state index >= 15 is 0 Å². The fraction of sp³-hybridized carbons (Fsp3) is 0.263. The third-order valence-electron chi connectivity index (χ3n) is 3.57. The lowest BCUT2D eigenvalue weighted by Crippen LogP contribution is -2.19. The summed E-state index contributed by atoms with van der Waals surface area (Å²) < 4.78 is 16.5. The lowest BCUT2D eigenvalue weighted by Gasteiger charge is -2.09. The van der Waals surface area contributed by atoms with Crippen molar-refractivity contribution in [3.05, 3.63) is 45.9 Å². The van der Waals surface area contributed by atoms with Gasteiger partial charge in [0.25, 0.3) is 0 Å². The second kappa shape index (κ2) is 9.82. The number of carbonyl (C=O) groups excluding carboxylic acids is 1. The number of amides is 1. The molecule has 144 valence electrons. The van der Waals surface area contributed by atoms with Crippen molar-refractivity contribution < 1.29 is 24.1 Å². The van der Waals surface area contributed by atoms with Crippen LogP contribution in [-0.4, -0.2) is 38.1 Å². The van der Waals surface area contributed by atoms with Crippen LogP contribution in [0, 0.1) is 0 Å². The molecule has 2 aromatic carbocycles. The Balaban J connectivity index is 2.03. The molecule has 0 radical (unpaired) electrons. The molecule has 0 saturated heterocycles. The molecule has 2 N–H and O–H groups in total. The Bertz CT molecular complexity index is 839. The van der Waals surface area contributed by atoms with Gasteiger partial charge in [-0.2, -0.15) is 5.10 Å². The van der Waals surface area contributed by atoms with Crippen LogP contribution in [-0.2, 0) is 11.2 Å². The third kappa shape index (κ3) is 5.62. The van der Waals surface area contributed by atoms with E-state index in [4.69, 9.17) is 14.2 Å². The highest BCUT2D eigenvalue weighted by Gasteiger charge is 2.10. The summed E-state index contributed by atoms with van der Waals surface area (Å²) in [6.45, 7) is 2.24. The third-order valence-corrected chi connectivity index (χ3v) is 4.03. The first kappa shape index (κ1) is 20.6. The number of halogens is 1. The number of carbonyl (C=O) groups is 1. The maximum atomic E-state index is 12.1. The van der Waals surface area contributed by atoms with E-state index in [1.165, 1.54) is 13.3 Å². The number of nitrogens with zero attached hydrogens (tertiary/aromatic N) is 1. The quantitative estimate of drug-likeness (QED) is 0.489. The molecule has 0 saturated carbocycles. The summed E-state index contributed by atoms with van der Waals surface area (Å²) in [6, 6.07) is 8.57. The number of hydrogen-bond acceptors (Lipinski definition) is 6. The molecule has 1 amide bonds. The molecule has 0 unspecified atom stereocenters. The van der Waals surface area contributed by atoms with Gasteiger partial charge >= 0.3 is 0 Å². The molecular formula is C19H21BrN2O5. The number of aromatic hydroxyl groups is 1. The number of hydrazone groups is 1. The molecule has 2 rings (SSSR count). The zero-order valence-electron chi connectivity index (χ0n) is 15.3. The second-order valence-electron chi connectivity index (χ2n) is 5.43. The maximum Gasteiger partial charge on any atom is 0.244 e. The maximum absolute atomic E-state index is 12.1. The van der Waals surface area contributed by atoms with Crippen LogP contribution in [0.1, 0.15) is 18.1 Å². The Labute approximate surface area is 166 Å². The van der Waals surface area contributed by atoms with Crippen molar-refractivity contribution in [2.45, 2.75) is 13.3 Å². The Morgan fingerprint density at radius 1 is 1.19 bits per heavy atom. The van der Waals surface area contributed by atoms with Gasteiger partial charge in [-0.25, -0.2) is 5.43 Å². The Morgan fingerprint density at radius 2 is 1.93 bits per heavy atom. The predicted molar refractivity (Wildman–Crippen MR) is 106 cm³/mol. The molecule has 0 aromatic heterocycles. The summed E-state index contributed by atoms with van der Waals surface area (Å²) in [7, 11) is 3.08. The van der Waals surface area contributed by atoms with Crippen LogP contribution in [0.2, 0.25) is 0 Å². The minimum absolute atomic E-state index is 0.0436. The molecular weight excluding hydrogens is 416 g/mol. The monoisotopic (exact) mass is 436 g/mol. The first-order valence-electron chi connectivity index (χ1n) is 8.16. The van der Waals surface area contributed by atoms with Crippen molar-refractivity contribution in [3.8, 4) is 23.0 Å². The average molecular weight is 437 g/mol. The summed E-state index contributed by atoms with van der Waals surface area (Å²) in [5.41, 5.74) is 3.60. The molecule has 27 heavy (non-hydrogen) atoms. The molecule has 0 atom stereocenters. The zero-order chi connectivity index (χ0) is 19.8. The Kier molecular flexibility index (Phi) is 7.48. The predicted octanol–water partition coefficient (Wildman–Crippen LogP) is 3.26. The standard InChI is InChI=1S/C19H21BrN2O5/c1-4-27-17-10-14(20)9-13(19(17)24)11-21-22-18(23)8-12-5-6-15(25-2)16(7-12)26-3/h5-7,9-11,24H,4,8H2,1-3H3,(H,22,23)/b21-11-. The number of ether oxygens (including phenoxy) is 3. The van der Waals surface area contributed by atoms with Crippen LogP contribution in [0.4, 0.5) is 0 Å². The van der Waals surface area contributed by atoms with Gasteiger partial charge in [0.1, 0.15) is 0 Å². The van der Waals surface area contributed by atoms with Crippen molar-refractivity contribution in [1.29, 1.82) is 0 Å². The Hall–Kier alpha value is -2.74. The minimum atomic E-state index is -0.307. The fourth-order valence-corrected chi connectivity index (χ4v) is 2.80. The highest BCUT2D eigenvalue weighted by atomic mass is 79.9. The van der Waals surface area contributed by atoms with Crippen molar-refractivity contribution in [1.82, 2.24) is 5.43 Å². The first-order valence-corrected chi connectivity index (χ1v) is 8.95. The number of phenols is 1. The Morgan fingerprint density at radius 3 is 2.59 bits per heavy atom. The van der Waals surface area contributed by atoms with E-state index in [1.807, 2.05) is 6.92 Å². The van der Waals surface area contributed by atoms with Gasteiger partial charge < -0.3 is 19.3 Å². The van der Waals surface area contributed by atoms with Gasteiger partial charge in [0.15, 0.2) is 23.0 Å². The van der Waals surface area contributed by atoms with Crippen LogP contribution in [0.5, 0.6) is 23.0 Å². The summed E-state index contributed by atoms with van der Waals surface area (Å²) in [4.78, 5) is 12.1. The van der Waals surface area contributed by atoms with Crippen molar-refractivity contribution in [3.63, 3.8) is 0 Å². The van der Waals surface area contributed by atoms with Gasteiger partial charge in [0.2, 0.25) is 5.91 Å². The molecule has 0 spiro atoms. The SMILES string of the molecule is CCOc1cc(Br)cc(/C=N\NC(=O)Cc2ccc(OC)c(OC)c2)c1O. The van der Waals surface area contributed by atoms with E-state index in [0.717, 1.165) is 10.0 Å². The highest BCUT2D eigenvalue weighted by Crippen LogP contribution is 2.33. The largest absolute Gasteiger partial charge is 0.504 e. The average Bonchev–Trinajstić information content (AvgIpc) is 2.65. The van der Waals surface area contributed by atoms with Gasteiger partial charge in [-0.05, 0) is 36.8 Å². The zero-order valence-corrected chi connectivity index (χ0v) is 16.9.